The van der Waals surface area contributed by atoms with Crippen LogP contribution in [0.1, 0.15) is 34.1 Å². The first-order valence-corrected chi connectivity index (χ1v) is 3.18. The molecule has 0 saturated heterocycles. The maximum atomic E-state index is 10.1. The number of hydrogen-bond donors (Lipinski definition) is 0. The number of hydrogen-bond acceptors (Lipinski definition) is 1. The molecule has 0 rings (SSSR count). The lowest BCUT2D eigenvalue weighted by molar-refractivity contribution is -0.364. The van der Waals surface area contributed by atoms with Crippen LogP contribution in [0, 0.1) is 5.92 Å². The van der Waals surface area contributed by atoms with Crippen molar-refractivity contribution in [2.24, 2.45) is 0 Å². The standard InChI is InChI=1S/C7H14O2/c1-5-7(4,9-8)6(2)3/h5H2,1-4H3. The van der Waals surface area contributed by atoms with Crippen LogP contribution in [0.2, 0.25) is 0 Å². The summed E-state index contributed by atoms with van der Waals surface area (Å²) in [5.41, 5.74) is -0.556. The Labute approximate surface area is 56.8 Å². The normalized spacial score (nSPS) is 18.0. The molecule has 2 radical (unpaired) electrons. The maximum absolute atomic E-state index is 10.1. The Morgan fingerprint density at radius 3 is 2.00 bits per heavy atom. The molecule has 0 N–H and O–H groups in total. The summed E-state index contributed by atoms with van der Waals surface area (Å²) in [5.74, 6) is 1.03. The fraction of sp³-hybridized carbons (Fsp3) is 0.857. The van der Waals surface area contributed by atoms with Crippen LogP contribution in [0.5, 0.6) is 0 Å². The van der Waals surface area contributed by atoms with Crippen LogP contribution in [0.15, 0.2) is 0 Å². The second kappa shape index (κ2) is 3.18. The molecule has 2 nitrogen and oxygen atoms in total. The molecule has 0 aromatic carbocycles. The molecule has 0 heterocycles. The van der Waals surface area contributed by atoms with E-state index in [9.17, 15) is 5.26 Å². The van der Waals surface area contributed by atoms with Gasteiger partial charge in [0.1, 0.15) is 5.60 Å². The first-order valence-electron chi connectivity index (χ1n) is 3.18. The fourth-order valence-corrected chi connectivity index (χ4v) is 0.496. The van der Waals surface area contributed by atoms with Gasteiger partial charge in [0, 0.05) is 5.92 Å². The second-order valence-corrected chi connectivity index (χ2v) is 2.67. The van der Waals surface area contributed by atoms with Gasteiger partial charge in [-0.1, -0.05) is 20.8 Å². The Bertz CT molecular complexity index is 75.0. The molecule has 0 aliphatic carbocycles. The molecule has 0 aromatic heterocycles. The highest BCUT2D eigenvalue weighted by Crippen LogP contribution is 2.25. The van der Waals surface area contributed by atoms with Crippen molar-refractivity contribution in [2.75, 3.05) is 0 Å². The van der Waals surface area contributed by atoms with Crippen molar-refractivity contribution >= 4 is 0 Å². The van der Waals surface area contributed by atoms with E-state index >= 15 is 0 Å². The zero-order chi connectivity index (χ0) is 7.49. The van der Waals surface area contributed by atoms with Gasteiger partial charge in [-0.3, -0.25) is 0 Å². The maximum Gasteiger partial charge on any atom is 0.109 e. The molecule has 0 amide bonds. The first-order chi connectivity index (χ1) is 4.06. The summed E-state index contributed by atoms with van der Waals surface area (Å²) in [7, 11) is 0. The van der Waals surface area contributed by atoms with Gasteiger partial charge in [-0.2, -0.15) is 4.89 Å². The summed E-state index contributed by atoms with van der Waals surface area (Å²) in [6.07, 6.45) is 0.735. The molecule has 2 heteroatoms. The Kier molecular flexibility index (Phi) is 3.15. The van der Waals surface area contributed by atoms with Gasteiger partial charge in [0.15, 0.2) is 0 Å². The molecular weight excluding hydrogens is 116 g/mol. The van der Waals surface area contributed by atoms with Crippen LogP contribution >= 0.6 is 0 Å². The molecule has 0 saturated carbocycles. The third kappa shape index (κ3) is 1.95. The Morgan fingerprint density at radius 2 is 2.00 bits per heavy atom. The minimum Gasteiger partial charge on any atom is -0.197 e. The SMILES string of the molecule is CCC(C)(O[O])[C](C)C. The van der Waals surface area contributed by atoms with Crippen molar-refractivity contribution in [3.05, 3.63) is 5.92 Å². The van der Waals surface area contributed by atoms with Crippen LogP contribution in [0.4, 0.5) is 0 Å². The van der Waals surface area contributed by atoms with E-state index in [-0.39, 0.29) is 0 Å². The third-order valence-corrected chi connectivity index (χ3v) is 1.92. The highest BCUT2D eigenvalue weighted by Gasteiger charge is 2.28. The first kappa shape index (κ1) is 8.92. The molecule has 0 aliphatic heterocycles. The predicted octanol–water partition coefficient (Wildman–Crippen LogP) is 2.13. The van der Waals surface area contributed by atoms with Crippen molar-refractivity contribution < 1.29 is 10.1 Å². The highest BCUT2D eigenvalue weighted by atomic mass is 17.1. The quantitative estimate of drug-likeness (QED) is 0.425. The van der Waals surface area contributed by atoms with Gasteiger partial charge in [-0.15, -0.1) is 0 Å². The van der Waals surface area contributed by atoms with Gasteiger partial charge in [-0.25, -0.2) is 0 Å². The zero-order valence-corrected chi connectivity index (χ0v) is 6.52. The summed E-state index contributed by atoms with van der Waals surface area (Å²) < 4.78 is 0. The summed E-state index contributed by atoms with van der Waals surface area (Å²) in [6, 6.07) is 0. The minimum atomic E-state index is -0.556. The van der Waals surface area contributed by atoms with Crippen LogP contribution < -0.4 is 0 Å². The van der Waals surface area contributed by atoms with E-state index in [4.69, 9.17) is 0 Å². The van der Waals surface area contributed by atoms with Gasteiger partial charge < -0.3 is 0 Å². The lowest BCUT2D eigenvalue weighted by Gasteiger charge is -2.26. The van der Waals surface area contributed by atoms with Crippen LogP contribution in [0.25, 0.3) is 0 Å². The average Bonchev–Trinajstić information content (AvgIpc) is 1.86. The third-order valence-electron chi connectivity index (χ3n) is 1.92. The minimum absolute atomic E-state index is 0.556. The summed E-state index contributed by atoms with van der Waals surface area (Å²) in [4.78, 5) is 4.06. The predicted molar refractivity (Wildman–Crippen MR) is 35.1 cm³/mol. The second-order valence-electron chi connectivity index (χ2n) is 2.67. The molecule has 0 fully saturated rings. The summed E-state index contributed by atoms with van der Waals surface area (Å²) in [6.45, 7) is 7.54. The van der Waals surface area contributed by atoms with Gasteiger partial charge in [0.25, 0.3) is 0 Å². The largest absolute Gasteiger partial charge is 0.197 e. The molecule has 1 atom stereocenters. The van der Waals surface area contributed by atoms with Crippen molar-refractivity contribution in [1.82, 2.24) is 0 Å². The smallest absolute Gasteiger partial charge is 0.109 e. The lowest BCUT2D eigenvalue weighted by Crippen LogP contribution is -2.30. The summed E-state index contributed by atoms with van der Waals surface area (Å²) >= 11 is 0. The van der Waals surface area contributed by atoms with Gasteiger partial charge >= 0.3 is 0 Å². The molecule has 0 spiro atoms. The van der Waals surface area contributed by atoms with Crippen LogP contribution in [-0.4, -0.2) is 5.60 Å². The molecule has 1 unspecified atom stereocenters. The van der Waals surface area contributed by atoms with E-state index in [2.05, 4.69) is 4.89 Å². The Hall–Kier alpha value is -0.0800. The average molecular weight is 130 g/mol. The van der Waals surface area contributed by atoms with E-state index in [0.717, 1.165) is 12.3 Å². The molecule has 0 aliphatic rings. The van der Waals surface area contributed by atoms with Crippen molar-refractivity contribution in [3.8, 4) is 0 Å². The molecule has 0 aromatic rings. The topological polar surface area (TPSA) is 29.1 Å². The lowest BCUT2D eigenvalue weighted by atomic mass is 9.90. The highest BCUT2D eigenvalue weighted by molar-refractivity contribution is 4.98. The molecule has 0 bridgehead atoms. The van der Waals surface area contributed by atoms with Crippen molar-refractivity contribution in [3.63, 3.8) is 0 Å². The molecule has 9 heavy (non-hydrogen) atoms. The molecule has 54 valence electrons. The molecular formula is C7H14O2. The van der Waals surface area contributed by atoms with Gasteiger partial charge in [-0.05, 0) is 18.6 Å². The van der Waals surface area contributed by atoms with Crippen LogP contribution in [0.3, 0.4) is 0 Å². The van der Waals surface area contributed by atoms with E-state index in [0.29, 0.717) is 0 Å². The van der Waals surface area contributed by atoms with E-state index in [1.165, 1.54) is 0 Å². The van der Waals surface area contributed by atoms with E-state index in [1.54, 1.807) is 6.92 Å². The monoisotopic (exact) mass is 130 g/mol. The zero-order valence-electron chi connectivity index (χ0n) is 6.52. The Balaban J connectivity index is 3.92. The fourth-order valence-electron chi connectivity index (χ4n) is 0.496. The van der Waals surface area contributed by atoms with Gasteiger partial charge in [0.2, 0.25) is 0 Å². The van der Waals surface area contributed by atoms with Gasteiger partial charge in [0.05, 0.1) is 0 Å². The Morgan fingerprint density at radius 1 is 1.56 bits per heavy atom. The van der Waals surface area contributed by atoms with Crippen LogP contribution in [-0.2, 0) is 10.1 Å². The van der Waals surface area contributed by atoms with Crippen molar-refractivity contribution in [2.45, 2.75) is 39.7 Å². The number of rotatable bonds is 3. The van der Waals surface area contributed by atoms with Crippen molar-refractivity contribution in [1.29, 1.82) is 0 Å². The van der Waals surface area contributed by atoms with E-state index in [1.807, 2.05) is 20.8 Å². The van der Waals surface area contributed by atoms with E-state index < -0.39 is 5.60 Å². The summed E-state index contributed by atoms with van der Waals surface area (Å²) in [5, 5.41) is 10.1.